The van der Waals surface area contributed by atoms with Crippen LogP contribution in [0.4, 0.5) is 20.4 Å². The third kappa shape index (κ3) is 3.70. The minimum absolute atomic E-state index is 0.329. The molecule has 12 heteroatoms. The van der Waals surface area contributed by atoms with Gasteiger partial charge < -0.3 is 15.4 Å². The molecule has 1 aliphatic rings. The Morgan fingerprint density at radius 3 is 3.06 bits per heavy atom. The number of aromatic nitrogens is 5. The summed E-state index contributed by atoms with van der Waals surface area (Å²) in [5.74, 6) is 0.946. The van der Waals surface area contributed by atoms with E-state index in [1.165, 1.54) is 17.7 Å². The third-order valence-electron chi connectivity index (χ3n) is 5.45. The quantitative estimate of drug-likeness (QED) is 0.457. The van der Waals surface area contributed by atoms with E-state index in [1.54, 1.807) is 30.1 Å². The summed E-state index contributed by atoms with van der Waals surface area (Å²) < 4.78 is 31.9. The van der Waals surface area contributed by atoms with E-state index in [4.69, 9.17) is 4.74 Å². The molecule has 0 unspecified atom stereocenters. The molecule has 0 saturated heterocycles. The number of amides is 1. The van der Waals surface area contributed by atoms with Crippen LogP contribution in [0.25, 0.3) is 15.9 Å². The van der Waals surface area contributed by atoms with Crippen LogP contribution in [0.3, 0.4) is 0 Å². The highest BCUT2D eigenvalue weighted by Crippen LogP contribution is 2.41. The van der Waals surface area contributed by atoms with Gasteiger partial charge in [-0.2, -0.15) is 5.10 Å². The van der Waals surface area contributed by atoms with Crippen LogP contribution in [0.2, 0.25) is 0 Å². The van der Waals surface area contributed by atoms with Crippen molar-refractivity contribution in [2.45, 2.75) is 25.7 Å². The van der Waals surface area contributed by atoms with Gasteiger partial charge in [0.2, 0.25) is 5.91 Å². The lowest BCUT2D eigenvalue weighted by Crippen LogP contribution is -2.36. The van der Waals surface area contributed by atoms with Crippen LogP contribution in [0.1, 0.15) is 16.9 Å². The van der Waals surface area contributed by atoms with Gasteiger partial charge in [0.05, 0.1) is 31.4 Å². The Hall–Kier alpha value is -3.41. The number of alkyl halides is 2. The van der Waals surface area contributed by atoms with E-state index in [1.807, 2.05) is 0 Å². The number of ether oxygens (including phenoxy) is 1. The van der Waals surface area contributed by atoms with Crippen molar-refractivity contribution in [2.75, 3.05) is 19.0 Å². The SMILES string of the molecule is COc1cn2nccc2nc1Nc1ncnc2sc3c(c12)CC[C@H](C(=O)NCC(F)F)C3. The number of thiophene rings is 1. The van der Waals surface area contributed by atoms with Crippen LogP contribution in [-0.2, 0) is 17.6 Å². The lowest BCUT2D eigenvalue weighted by molar-refractivity contribution is -0.125. The first-order valence-electron chi connectivity index (χ1n) is 10.00. The summed E-state index contributed by atoms with van der Waals surface area (Å²) >= 11 is 1.50. The summed E-state index contributed by atoms with van der Waals surface area (Å²) in [6.45, 7) is -0.621. The topological polar surface area (TPSA) is 106 Å². The van der Waals surface area contributed by atoms with E-state index in [0.29, 0.717) is 42.3 Å². The van der Waals surface area contributed by atoms with Gasteiger partial charge in [-0.15, -0.1) is 11.3 Å². The van der Waals surface area contributed by atoms with Gasteiger partial charge >= 0.3 is 0 Å². The molecule has 2 N–H and O–H groups in total. The van der Waals surface area contributed by atoms with Gasteiger partial charge in [-0.25, -0.2) is 28.2 Å². The highest BCUT2D eigenvalue weighted by atomic mass is 32.1. The first kappa shape index (κ1) is 20.5. The molecule has 0 spiro atoms. The van der Waals surface area contributed by atoms with Crippen molar-refractivity contribution in [3.63, 3.8) is 0 Å². The number of nitrogens with zero attached hydrogens (tertiary/aromatic N) is 5. The molecule has 0 fully saturated rings. The normalized spacial score (nSPS) is 15.8. The Balaban J connectivity index is 1.46. The highest BCUT2D eigenvalue weighted by Gasteiger charge is 2.29. The minimum atomic E-state index is -2.56. The Bertz CT molecular complexity index is 1310. The number of hydrogen-bond donors (Lipinski definition) is 2. The molecular weight excluding hydrogens is 440 g/mol. The van der Waals surface area contributed by atoms with E-state index in [9.17, 15) is 13.6 Å². The van der Waals surface area contributed by atoms with Gasteiger partial charge in [-0.05, 0) is 24.8 Å². The second-order valence-corrected chi connectivity index (χ2v) is 8.48. The van der Waals surface area contributed by atoms with Gasteiger partial charge in [0.15, 0.2) is 17.2 Å². The number of anilines is 2. The maximum Gasteiger partial charge on any atom is 0.255 e. The third-order valence-corrected chi connectivity index (χ3v) is 6.61. The van der Waals surface area contributed by atoms with Crippen LogP contribution < -0.4 is 15.4 Å². The predicted octanol–water partition coefficient (Wildman–Crippen LogP) is 2.97. The predicted molar refractivity (Wildman–Crippen MR) is 115 cm³/mol. The van der Waals surface area contributed by atoms with Crippen LogP contribution in [0.5, 0.6) is 5.75 Å². The fraction of sp³-hybridized carbons (Fsp3) is 0.350. The van der Waals surface area contributed by atoms with Crippen molar-refractivity contribution in [2.24, 2.45) is 5.92 Å². The Labute approximate surface area is 184 Å². The van der Waals surface area contributed by atoms with Gasteiger partial charge in [-0.1, -0.05) is 0 Å². The maximum atomic E-state index is 12.4. The molecule has 32 heavy (non-hydrogen) atoms. The number of carbonyl (C=O) groups is 1. The van der Waals surface area contributed by atoms with Gasteiger partial charge in [-0.3, -0.25) is 4.79 Å². The number of nitrogens with one attached hydrogen (secondary N) is 2. The molecule has 0 saturated carbocycles. The minimum Gasteiger partial charge on any atom is -0.491 e. The monoisotopic (exact) mass is 459 g/mol. The molecule has 0 radical (unpaired) electrons. The highest BCUT2D eigenvalue weighted by molar-refractivity contribution is 7.19. The van der Waals surface area contributed by atoms with Crippen molar-refractivity contribution in [3.8, 4) is 5.75 Å². The zero-order valence-corrected chi connectivity index (χ0v) is 17.8. The van der Waals surface area contributed by atoms with Gasteiger partial charge in [0, 0.05) is 16.9 Å². The summed E-state index contributed by atoms with van der Waals surface area (Å²) in [6, 6.07) is 1.78. The summed E-state index contributed by atoms with van der Waals surface area (Å²) in [5, 5.41) is 10.7. The Kier molecular flexibility index (Phi) is 5.29. The van der Waals surface area contributed by atoms with Gasteiger partial charge in [0.1, 0.15) is 17.0 Å². The van der Waals surface area contributed by atoms with E-state index in [-0.39, 0.29) is 11.8 Å². The molecule has 0 bridgehead atoms. The van der Waals surface area contributed by atoms with Crippen LogP contribution in [0.15, 0.2) is 24.8 Å². The van der Waals surface area contributed by atoms with Crippen LogP contribution in [-0.4, -0.2) is 50.6 Å². The van der Waals surface area contributed by atoms with Crippen LogP contribution in [0, 0.1) is 5.92 Å². The van der Waals surface area contributed by atoms with E-state index in [2.05, 4.69) is 30.7 Å². The van der Waals surface area contributed by atoms with Crippen molar-refractivity contribution in [1.29, 1.82) is 0 Å². The Morgan fingerprint density at radius 1 is 1.38 bits per heavy atom. The second-order valence-electron chi connectivity index (χ2n) is 7.40. The molecule has 1 aliphatic carbocycles. The molecule has 0 aromatic carbocycles. The molecule has 4 aromatic rings. The second kappa shape index (κ2) is 8.26. The zero-order chi connectivity index (χ0) is 22.2. The maximum absolute atomic E-state index is 12.4. The summed E-state index contributed by atoms with van der Waals surface area (Å²) in [4.78, 5) is 27.5. The number of rotatable bonds is 6. The first-order valence-corrected chi connectivity index (χ1v) is 10.8. The summed E-state index contributed by atoms with van der Waals surface area (Å²) in [6.07, 6.45) is 4.00. The Morgan fingerprint density at radius 2 is 2.25 bits per heavy atom. The van der Waals surface area contributed by atoms with Gasteiger partial charge in [0.25, 0.3) is 6.43 Å². The number of aryl methyl sites for hydroxylation is 1. The van der Waals surface area contributed by atoms with Crippen molar-refractivity contribution in [1.82, 2.24) is 29.9 Å². The lowest BCUT2D eigenvalue weighted by Gasteiger charge is -2.21. The molecule has 1 amide bonds. The number of halogens is 2. The summed E-state index contributed by atoms with van der Waals surface area (Å²) in [7, 11) is 1.55. The number of carbonyl (C=O) groups excluding carboxylic acids is 1. The molecule has 9 nitrogen and oxygen atoms in total. The lowest BCUT2D eigenvalue weighted by atomic mass is 9.87. The van der Waals surface area contributed by atoms with E-state index >= 15 is 0 Å². The number of methoxy groups -OCH3 is 1. The van der Waals surface area contributed by atoms with Crippen molar-refractivity contribution < 1.29 is 18.3 Å². The van der Waals surface area contributed by atoms with Crippen molar-refractivity contribution in [3.05, 3.63) is 35.2 Å². The fourth-order valence-electron chi connectivity index (χ4n) is 3.94. The standard InChI is InChI=1S/C20H19F2N7O2S/c1-31-12-8-29-15(4-5-26-29)27-17(12)28-18-16-11-3-2-10(19(30)23-7-14(21)22)6-13(11)32-20(16)25-9-24-18/h4-5,8-10,14H,2-3,6-7H2,1H3,(H,23,30)(H,24,25,27,28)/t10-/m0/s1. The summed E-state index contributed by atoms with van der Waals surface area (Å²) in [5.41, 5.74) is 1.74. The van der Waals surface area contributed by atoms with E-state index < -0.39 is 13.0 Å². The molecule has 166 valence electrons. The number of hydrogen-bond acceptors (Lipinski definition) is 8. The zero-order valence-electron chi connectivity index (χ0n) is 17.0. The molecule has 0 aliphatic heterocycles. The first-order chi connectivity index (χ1) is 15.5. The average Bonchev–Trinajstić information content (AvgIpc) is 3.40. The molecule has 4 heterocycles. The smallest absolute Gasteiger partial charge is 0.255 e. The molecule has 4 aromatic heterocycles. The van der Waals surface area contributed by atoms with E-state index in [0.717, 1.165) is 20.7 Å². The molecular formula is C20H19F2N7O2S. The molecule has 1 atom stereocenters. The van der Waals surface area contributed by atoms with Crippen molar-refractivity contribution >= 4 is 44.7 Å². The molecule has 5 rings (SSSR count). The fourth-order valence-corrected chi connectivity index (χ4v) is 5.21. The average molecular weight is 459 g/mol. The number of fused-ring (bicyclic) bond motifs is 4. The van der Waals surface area contributed by atoms with Crippen LogP contribution >= 0.6 is 11.3 Å². The largest absolute Gasteiger partial charge is 0.491 e.